The molecule has 0 saturated carbocycles. The third-order valence-corrected chi connectivity index (χ3v) is 4.35. The van der Waals surface area contributed by atoms with Gasteiger partial charge in [0.1, 0.15) is 10.8 Å². The van der Waals surface area contributed by atoms with Crippen molar-refractivity contribution in [3.8, 4) is 0 Å². The number of thioether (sulfide) groups is 1. The SMILES string of the molecule is O=C(O)C1CN(c2cncc(SCc3ccccc3)n2)C1. The van der Waals surface area contributed by atoms with Crippen LogP contribution in [0.15, 0.2) is 47.8 Å². The van der Waals surface area contributed by atoms with Gasteiger partial charge in [-0.15, -0.1) is 11.8 Å². The van der Waals surface area contributed by atoms with Crippen LogP contribution in [-0.2, 0) is 10.5 Å². The second-order valence-electron chi connectivity index (χ2n) is 4.93. The normalized spacial score (nSPS) is 14.8. The van der Waals surface area contributed by atoms with Crippen molar-refractivity contribution in [2.24, 2.45) is 5.92 Å². The fourth-order valence-corrected chi connectivity index (χ4v) is 2.91. The average molecular weight is 301 g/mol. The van der Waals surface area contributed by atoms with E-state index in [0.717, 1.165) is 16.6 Å². The van der Waals surface area contributed by atoms with E-state index in [9.17, 15) is 4.79 Å². The second-order valence-corrected chi connectivity index (χ2v) is 5.93. The zero-order valence-corrected chi connectivity index (χ0v) is 12.2. The van der Waals surface area contributed by atoms with E-state index in [-0.39, 0.29) is 5.92 Å². The summed E-state index contributed by atoms with van der Waals surface area (Å²) in [6.45, 7) is 1.02. The van der Waals surface area contributed by atoms with Crippen molar-refractivity contribution in [2.45, 2.75) is 10.8 Å². The van der Waals surface area contributed by atoms with Crippen LogP contribution in [0.25, 0.3) is 0 Å². The lowest BCUT2D eigenvalue weighted by molar-refractivity contribution is -0.142. The minimum Gasteiger partial charge on any atom is -0.481 e. The number of benzene rings is 1. The van der Waals surface area contributed by atoms with Crippen molar-refractivity contribution in [2.75, 3.05) is 18.0 Å². The third kappa shape index (κ3) is 3.33. The number of aromatic nitrogens is 2. The van der Waals surface area contributed by atoms with Crippen LogP contribution in [0.3, 0.4) is 0 Å². The van der Waals surface area contributed by atoms with Crippen LogP contribution < -0.4 is 4.90 Å². The van der Waals surface area contributed by atoms with Gasteiger partial charge in [-0.3, -0.25) is 9.78 Å². The zero-order chi connectivity index (χ0) is 14.7. The molecule has 0 atom stereocenters. The average Bonchev–Trinajstić information content (AvgIpc) is 2.45. The Kier molecular flexibility index (Phi) is 4.06. The molecule has 0 bridgehead atoms. The number of carboxylic acids is 1. The third-order valence-electron chi connectivity index (χ3n) is 3.38. The van der Waals surface area contributed by atoms with Gasteiger partial charge in [-0.25, -0.2) is 4.98 Å². The highest BCUT2D eigenvalue weighted by Crippen LogP contribution is 2.26. The first kappa shape index (κ1) is 13.9. The fraction of sp³-hybridized carbons (Fsp3) is 0.267. The largest absolute Gasteiger partial charge is 0.481 e. The molecule has 0 unspecified atom stereocenters. The van der Waals surface area contributed by atoms with Gasteiger partial charge in [-0.05, 0) is 5.56 Å². The molecule has 2 heterocycles. The number of carboxylic acid groups (broad SMARTS) is 1. The Labute approximate surface area is 127 Å². The number of hydrogen-bond acceptors (Lipinski definition) is 5. The van der Waals surface area contributed by atoms with E-state index in [4.69, 9.17) is 5.11 Å². The molecule has 0 spiro atoms. The van der Waals surface area contributed by atoms with Crippen molar-refractivity contribution < 1.29 is 9.90 Å². The Bertz CT molecular complexity index is 630. The molecular weight excluding hydrogens is 286 g/mol. The van der Waals surface area contributed by atoms with Gasteiger partial charge in [-0.1, -0.05) is 30.3 Å². The van der Waals surface area contributed by atoms with Crippen molar-refractivity contribution in [3.63, 3.8) is 0 Å². The molecule has 6 heteroatoms. The number of hydrogen-bond donors (Lipinski definition) is 1. The Morgan fingerprint density at radius 1 is 1.29 bits per heavy atom. The summed E-state index contributed by atoms with van der Waals surface area (Å²) in [7, 11) is 0. The van der Waals surface area contributed by atoms with Crippen molar-refractivity contribution in [3.05, 3.63) is 48.3 Å². The maximum Gasteiger partial charge on any atom is 0.310 e. The summed E-state index contributed by atoms with van der Waals surface area (Å²) in [4.78, 5) is 21.5. The summed E-state index contributed by atoms with van der Waals surface area (Å²) in [6.07, 6.45) is 3.43. The van der Waals surface area contributed by atoms with Crippen molar-refractivity contribution in [1.29, 1.82) is 0 Å². The molecule has 1 saturated heterocycles. The van der Waals surface area contributed by atoms with Gasteiger partial charge >= 0.3 is 5.97 Å². The minimum absolute atomic E-state index is 0.285. The molecule has 0 aliphatic carbocycles. The lowest BCUT2D eigenvalue weighted by Gasteiger charge is -2.37. The Balaban J connectivity index is 1.60. The number of carbonyl (C=O) groups is 1. The van der Waals surface area contributed by atoms with Crippen LogP contribution in [-0.4, -0.2) is 34.1 Å². The lowest BCUT2D eigenvalue weighted by atomic mass is 10.0. The Hall–Kier alpha value is -2.08. The number of anilines is 1. The Morgan fingerprint density at radius 3 is 2.76 bits per heavy atom. The minimum atomic E-state index is -0.742. The van der Waals surface area contributed by atoms with E-state index in [1.807, 2.05) is 23.1 Å². The number of rotatable bonds is 5. The lowest BCUT2D eigenvalue weighted by Crippen LogP contribution is -2.50. The first-order chi connectivity index (χ1) is 10.2. The molecule has 1 N–H and O–H groups in total. The summed E-state index contributed by atoms with van der Waals surface area (Å²) in [5, 5.41) is 9.75. The van der Waals surface area contributed by atoms with E-state index in [2.05, 4.69) is 22.1 Å². The second kappa shape index (κ2) is 6.13. The molecule has 1 fully saturated rings. The molecule has 5 nitrogen and oxygen atoms in total. The molecule has 2 aromatic rings. The quantitative estimate of drug-likeness (QED) is 0.855. The predicted octanol–water partition coefficient (Wildman–Crippen LogP) is 2.29. The molecule has 1 aromatic carbocycles. The first-order valence-corrected chi connectivity index (χ1v) is 7.67. The number of nitrogens with zero attached hydrogens (tertiary/aromatic N) is 3. The van der Waals surface area contributed by atoms with Gasteiger partial charge in [0.05, 0.1) is 18.3 Å². The van der Waals surface area contributed by atoms with E-state index in [0.29, 0.717) is 13.1 Å². The summed E-state index contributed by atoms with van der Waals surface area (Å²) < 4.78 is 0. The van der Waals surface area contributed by atoms with E-state index >= 15 is 0 Å². The summed E-state index contributed by atoms with van der Waals surface area (Å²) in [6, 6.07) is 10.2. The molecule has 1 aromatic heterocycles. The fourth-order valence-electron chi connectivity index (χ4n) is 2.11. The van der Waals surface area contributed by atoms with Crippen LogP contribution in [0.5, 0.6) is 0 Å². The molecule has 108 valence electrons. The molecular formula is C15H15N3O2S. The molecule has 1 aliphatic heterocycles. The molecule has 0 radical (unpaired) electrons. The van der Waals surface area contributed by atoms with Gasteiger partial charge < -0.3 is 10.0 Å². The highest BCUT2D eigenvalue weighted by atomic mass is 32.2. The molecule has 3 rings (SSSR count). The van der Waals surface area contributed by atoms with E-state index in [1.54, 1.807) is 24.2 Å². The summed E-state index contributed by atoms with van der Waals surface area (Å²) in [5.74, 6) is 0.572. The molecule has 1 aliphatic rings. The summed E-state index contributed by atoms with van der Waals surface area (Å²) >= 11 is 1.63. The molecule has 21 heavy (non-hydrogen) atoms. The van der Waals surface area contributed by atoms with E-state index < -0.39 is 5.97 Å². The van der Waals surface area contributed by atoms with Gasteiger partial charge in [0, 0.05) is 18.8 Å². The zero-order valence-electron chi connectivity index (χ0n) is 11.3. The van der Waals surface area contributed by atoms with Crippen LogP contribution in [0.4, 0.5) is 5.82 Å². The van der Waals surface area contributed by atoms with Crippen LogP contribution >= 0.6 is 11.8 Å². The van der Waals surface area contributed by atoms with Gasteiger partial charge in [0.25, 0.3) is 0 Å². The van der Waals surface area contributed by atoms with Gasteiger partial charge in [0.15, 0.2) is 0 Å². The Morgan fingerprint density at radius 2 is 2.05 bits per heavy atom. The number of aliphatic carboxylic acids is 1. The highest BCUT2D eigenvalue weighted by molar-refractivity contribution is 7.98. The van der Waals surface area contributed by atoms with Crippen molar-refractivity contribution >= 4 is 23.5 Å². The predicted molar refractivity (Wildman–Crippen MR) is 81.4 cm³/mol. The van der Waals surface area contributed by atoms with Gasteiger partial charge in [-0.2, -0.15) is 0 Å². The highest BCUT2D eigenvalue weighted by Gasteiger charge is 2.33. The maximum absolute atomic E-state index is 10.8. The first-order valence-electron chi connectivity index (χ1n) is 6.69. The van der Waals surface area contributed by atoms with Gasteiger partial charge in [0.2, 0.25) is 0 Å². The topological polar surface area (TPSA) is 66.3 Å². The molecule has 0 amide bonds. The van der Waals surface area contributed by atoms with Crippen molar-refractivity contribution in [1.82, 2.24) is 9.97 Å². The maximum atomic E-state index is 10.8. The van der Waals surface area contributed by atoms with Crippen LogP contribution in [0.2, 0.25) is 0 Å². The summed E-state index contributed by atoms with van der Waals surface area (Å²) in [5.41, 5.74) is 1.24. The monoisotopic (exact) mass is 301 g/mol. The van der Waals surface area contributed by atoms with Crippen LogP contribution in [0, 0.1) is 5.92 Å². The van der Waals surface area contributed by atoms with E-state index in [1.165, 1.54) is 5.56 Å². The standard InChI is InChI=1S/C15H15N3O2S/c19-15(20)12-8-18(9-12)13-6-16-7-14(17-13)21-10-11-4-2-1-3-5-11/h1-7,12H,8-10H2,(H,19,20). The smallest absolute Gasteiger partial charge is 0.310 e. The van der Waals surface area contributed by atoms with Crippen LogP contribution in [0.1, 0.15) is 5.56 Å².